The summed E-state index contributed by atoms with van der Waals surface area (Å²) in [4.78, 5) is 1.53. The Morgan fingerprint density at radius 1 is 1.07 bits per heavy atom. The predicted molar refractivity (Wildman–Crippen MR) is 103 cm³/mol. The highest BCUT2D eigenvalue weighted by Gasteiger charge is 2.31. The molecule has 0 unspecified atom stereocenters. The molecule has 3 rings (SSSR count). The Labute approximate surface area is 161 Å². The lowest BCUT2D eigenvalue weighted by Gasteiger charge is -2.32. The third kappa shape index (κ3) is 5.29. The zero-order valence-electron chi connectivity index (χ0n) is 15.5. The van der Waals surface area contributed by atoms with Gasteiger partial charge in [0.2, 0.25) is 10.0 Å². The summed E-state index contributed by atoms with van der Waals surface area (Å²) in [5.74, 6) is 0.737. The fraction of sp³-hybridized carbons (Fsp3) is 0.400. The molecule has 1 aliphatic rings. The Bertz CT molecular complexity index is 817. The van der Waals surface area contributed by atoms with Crippen LogP contribution in [0, 0.1) is 6.92 Å². The molecule has 1 atom stereocenters. The van der Waals surface area contributed by atoms with E-state index >= 15 is 0 Å². The van der Waals surface area contributed by atoms with E-state index in [-0.39, 0.29) is 6.61 Å². The first-order valence-electron chi connectivity index (χ1n) is 9.21. The second kappa shape index (κ2) is 8.84. The SMILES string of the molecule is Cc1ccc(S(=O)(=O)N2CC[NH+](C[C@@H](O)COc3ccccc3)CC2)cc1. The molecule has 27 heavy (non-hydrogen) atoms. The van der Waals surface area contributed by atoms with Crippen molar-refractivity contribution in [1.29, 1.82) is 0 Å². The summed E-state index contributed by atoms with van der Waals surface area (Å²) in [6, 6.07) is 16.4. The maximum atomic E-state index is 12.7. The lowest BCUT2D eigenvalue weighted by atomic mass is 10.2. The van der Waals surface area contributed by atoms with E-state index < -0.39 is 16.1 Å². The van der Waals surface area contributed by atoms with Crippen LogP contribution in [-0.2, 0) is 10.0 Å². The number of aliphatic hydroxyl groups is 1. The second-order valence-corrected chi connectivity index (χ2v) is 8.89. The van der Waals surface area contributed by atoms with Gasteiger partial charge in [0.05, 0.1) is 31.1 Å². The summed E-state index contributed by atoms with van der Waals surface area (Å²) < 4.78 is 32.6. The molecule has 2 N–H and O–H groups in total. The van der Waals surface area contributed by atoms with Gasteiger partial charge in [-0.25, -0.2) is 8.42 Å². The van der Waals surface area contributed by atoms with Crippen LogP contribution in [0.25, 0.3) is 0 Å². The van der Waals surface area contributed by atoms with E-state index in [9.17, 15) is 13.5 Å². The molecule has 6 nitrogen and oxygen atoms in total. The lowest BCUT2D eigenvalue weighted by Crippen LogP contribution is -3.15. The van der Waals surface area contributed by atoms with Crippen molar-refractivity contribution in [3.05, 3.63) is 60.2 Å². The molecule has 0 amide bonds. The third-order valence-electron chi connectivity index (χ3n) is 4.80. The molecule has 1 heterocycles. The predicted octanol–water partition coefficient (Wildman–Crippen LogP) is 0.324. The van der Waals surface area contributed by atoms with Crippen molar-refractivity contribution in [3.8, 4) is 5.75 Å². The Morgan fingerprint density at radius 2 is 1.70 bits per heavy atom. The largest absolute Gasteiger partial charge is 0.491 e. The minimum atomic E-state index is -3.44. The van der Waals surface area contributed by atoms with Gasteiger partial charge in [-0.3, -0.25) is 0 Å². The number of ether oxygens (including phenoxy) is 1. The highest BCUT2D eigenvalue weighted by atomic mass is 32.2. The van der Waals surface area contributed by atoms with Gasteiger partial charge in [-0.05, 0) is 31.2 Å². The summed E-state index contributed by atoms with van der Waals surface area (Å²) in [6.45, 7) is 4.98. The summed E-state index contributed by atoms with van der Waals surface area (Å²) in [7, 11) is -3.44. The van der Waals surface area contributed by atoms with Gasteiger partial charge in [0.1, 0.15) is 25.0 Å². The Balaban J connectivity index is 1.47. The van der Waals surface area contributed by atoms with Gasteiger partial charge < -0.3 is 14.7 Å². The van der Waals surface area contributed by atoms with E-state index in [2.05, 4.69) is 0 Å². The third-order valence-corrected chi connectivity index (χ3v) is 6.71. The number of quaternary nitrogens is 1. The highest BCUT2D eigenvalue weighted by Crippen LogP contribution is 2.16. The number of hydrogen-bond donors (Lipinski definition) is 2. The molecule has 0 aliphatic carbocycles. The fourth-order valence-electron chi connectivity index (χ4n) is 3.21. The van der Waals surface area contributed by atoms with Crippen LogP contribution in [0.1, 0.15) is 5.56 Å². The maximum absolute atomic E-state index is 12.7. The molecule has 1 fully saturated rings. The Kier molecular flexibility index (Phi) is 6.49. The first kappa shape index (κ1) is 19.8. The van der Waals surface area contributed by atoms with E-state index in [4.69, 9.17) is 4.74 Å². The first-order valence-corrected chi connectivity index (χ1v) is 10.7. The van der Waals surface area contributed by atoms with Crippen molar-refractivity contribution < 1.29 is 23.2 Å². The van der Waals surface area contributed by atoms with Crippen LogP contribution in [0.15, 0.2) is 59.5 Å². The van der Waals surface area contributed by atoms with Crippen LogP contribution in [0.4, 0.5) is 0 Å². The van der Waals surface area contributed by atoms with Gasteiger partial charge in [0.15, 0.2) is 0 Å². The number of nitrogens with zero attached hydrogens (tertiary/aromatic N) is 1. The Morgan fingerprint density at radius 3 is 2.33 bits per heavy atom. The molecule has 0 saturated carbocycles. The van der Waals surface area contributed by atoms with Gasteiger partial charge in [-0.15, -0.1) is 0 Å². The maximum Gasteiger partial charge on any atom is 0.243 e. The molecule has 146 valence electrons. The van der Waals surface area contributed by atoms with Crippen molar-refractivity contribution in [2.75, 3.05) is 39.3 Å². The van der Waals surface area contributed by atoms with Gasteiger partial charge in [-0.1, -0.05) is 35.9 Å². The molecule has 0 aromatic heterocycles. The molecule has 0 spiro atoms. The smallest absolute Gasteiger partial charge is 0.243 e. The number of para-hydroxylation sites is 1. The minimum Gasteiger partial charge on any atom is -0.491 e. The number of sulfonamides is 1. The fourth-order valence-corrected chi connectivity index (χ4v) is 4.65. The molecule has 2 aromatic carbocycles. The molecular formula is C20H27N2O4S+. The molecule has 1 saturated heterocycles. The summed E-state index contributed by atoms with van der Waals surface area (Å²) in [5, 5.41) is 10.2. The van der Waals surface area contributed by atoms with E-state index in [1.807, 2.05) is 49.4 Å². The Hall–Kier alpha value is -1.93. The first-order chi connectivity index (χ1) is 12.9. The number of aliphatic hydroxyl groups excluding tert-OH is 1. The summed E-state index contributed by atoms with van der Waals surface area (Å²) in [5.41, 5.74) is 1.04. The molecule has 7 heteroatoms. The van der Waals surface area contributed by atoms with Crippen molar-refractivity contribution in [3.63, 3.8) is 0 Å². The topological polar surface area (TPSA) is 71.3 Å². The highest BCUT2D eigenvalue weighted by molar-refractivity contribution is 7.89. The van der Waals surface area contributed by atoms with Crippen LogP contribution in [0.5, 0.6) is 5.75 Å². The molecule has 1 aliphatic heterocycles. The van der Waals surface area contributed by atoms with E-state index in [0.29, 0.717) is 37.6 Å². The second-order valence-electron chi connectivity index (χ2n) is 6.95. The number of piperazine rings is 1. The van der Waals surface area contributed by atoms with Crippen LogP contribution in [-0.4, -0.2) is 63.3 Å². The summed E-state index contributed by atoms with van der Waals surface area (Å²) in [6.07, 6.45) is -0.583. The van der Waals surface area contributed by atoms with Crippen molar-refractivity contribution >= 4 is 10.0 Å². The standard InChI is InChI=1S/C20H26N2O4S/c1-17-7-9-20(10-8-17)27(24,25)22-13-11-21(12-14-22)15-18(23)16-26-19-5-3-2-4-6-19/h2-10,18,23H,11-16H2,1H3/p+1/t18-/m1/s1. The van der Waals surface area contributed by atoms with Gasteiger partial charge in [0.25, 0.3) is 0 Å². The van der Waals surface area contributed by atoms with Crippen LogP contribution >= 0.6 is 0 Å². The average molecular weight is 392 g/mol. The number of hydrogen-bond acceptors (Lipinski definition) is 4. The average Bonchev–Trinajstić information content (AvgIpc) is 2.68. The molecule has 0 bridgehead atoms. The number of aryl methyl sites for hydroxylation is 1. The van der Waals surface area contributed by atoms with E-state index in [1.54, 1.807) is 12.1 Å². The van der Waals surface area contributed by atoms with Crippen molar-refractivity contribution in [2.24, 2.45) is 0 Å². The zero-order chi connectivity index (χ0) is 19.3. The molecule has 0 radical (unpaired) electrons. The lowest BCUT2D eigenvalue weighted by molar-refractivity contribution is -0.906. The molecular weight excluding hydrogens is 364 g/mol. The van der Waals surface area contributed by atoms with Gasteiger partial charge in [0, 0.05) is 0 Å². The summed E-state index contributed by atoms with van der Waals surface area (Å²) >= 11 is 0. The zero-order valence-corrected chi connectivity index (χ0v) is 16.4. The number of benzene rings is 2. The van der Waals surface area contributed by atoms with E-state index in [0.717, 1.165) is 11.3 Å². The van der Waals surface area contributed by atoms with Crippen molar-refractivity contribution in [1.82, 2.24) is 4.31 Å². The molecule has 2 aromatic rings. The van der Waals surface area contributed by atoms with Crippen LogP contribution in [0.3, 0.4) is 0 Å². The van der Waals surface area contributed by atoms with Crippen LogP contribution in [0.2, 0.25) is 0 Å². The van der Waals surface area contributed by atoms with Crippen molar-refractivity contribution in [2.45, 2.75) is 17.9 Å². The van der Waals surface area contributed by atoms with Gasteiger partial charge in [-0.2, -0.15) is 4.31 Å². The van der Waals surface area contributed by atoms with E-state index in [1.165, 1.54) is 9.21 Å². The number of nitrogens with one attached hydrogen (secondary N) is 1. The van der Waals surface area contributed by atoms with Crippen LogP contribution < -0.4 is 9.64 Å². The van der Waals surface area contributed by atoms with Gasteiger partial charge >= 0.3 is 0 Å². The quantitative estimate of drug-likeness (QED) is 0.713. The monoisotopic (exact) mass is 391 g/mol. The normalized spacial score (nSPS) is 17.6. The number of rotatable bonds is 7. The minimum absolute atomic E-state index is 0.235.